The van der Waals surface area contributed by atoms with Crippen molar-refractivity contribution in [2.24, 2.45) is 5.92 Å². The molecule has 0 spiro atoms. The van der Waals surface area contributed by atoms with E-state index in [0.29, 0.717) is 42.4 Å². The average molecular weight is 294 g/mol. The number of nitrogen functional groups attached to an aromatic ring is 1. The fourth-order valence-corrected chi connectivity index (χ4v) is 1.94. The van der Waals surface area contributed by atoms with Crippen molar-refractivity contribution >= 4 is 11.5 Å². The van der Waals surface area contributed by atoms with E-state index < -0.39 is 0 Å². The Hall–Kier alpha value is -1.56. The molecule has 2 rings (SSSR count). The smallest absolute Gasteiger partial charge is 0.242 e. The van der Waals surface area contributed by atoms with Gasteiger partial charge in [-0.25, -0.2) is 4.98 Å². The Bertz CT molecular complexity index is 461. The van der Waals surface area contributed by atoms with E-state index in [1.807, 2.05) is 0 Å². The summed E-state index contributed by atoms with van der Waals surface area (Å²) in [5, 5.41) is 3.31. The van der Waals surface area contributed by atoms with Crippen LogP contribution < -0.4 is 15.8 Å². The van der Waals surface area contributed by atoms with Crippen molar-refractivity contribution in [2.75, 3.05) is 37.9 Å². The van der Waals surface area contributed by atoms with E-state index in [1.54, 1.807) is 7.11 Å². The summed E-state index contributed by atoms with van der Waals surface area (Å²) in [5.41, 5.74) is 6.60. The van der Waals surface area contributed by atoms with E-state index in [2.05, 4.69) is 29.1 Å². The first-order valence-corrected chi connectivity index (χ1v) is 7.64. The largest absolute Gasteiger partial charge is 0.474 e. The molecule has 1 fully saturated rings. The zero-order valence-corrected chi connectivity index (χ0v) is 13.2. The standard InChI is InChI=1S/C15H26N4O2/c1-10(2)6-7-17-14-12(16)15(21-9-8-20-3)19-13(18-14)11-4-5-11/h10-11H,4-9,16H2,1-3H3,(H,17,18,19). The van der Waals surface area contributed by atoms with Crippen LogP contribution in [0.2, 0.25) is 0 Å². The second-order valence-electron chi connectivity index (χ2n) is 5.87. The van der Waals surface area contributed by atoms with E-state index in [4.69, 9.17) is 15.2 Å². The average Bonchev–Trinajstić information content (AvgIpc) is 3.26. The molecule has 118 valence electrons. The van der Waals surface area contributed by atoms with Gasteiger partial charge in [0.05, 0.1) is 6.61 Å². The summed E-state index contributed by atoms with van der Waals surface area (Å²) in [7, 11) is 1.64. The molecular formula is C15H26N4O2. The van der Waals surface area contributed by atoms with Crippen molar-refractivity contribution in [2.45, 2.75) is 39.0 Å². The molecule has 0 aromatic carbocycles. The van der Waals surface area contributed by atoms with Crippen LogP contribution in [0, 0.1) is 5.92 Å². The maximum atomic E-state index is 6.12. The maximum absolute atomic E-state index is 6.12. The predicted molar refractivity (Wildman–Crippen MR) is 83.7 cm³/mol. The lowest BCUT2D eigenvalue weighted by Gasteiger charge is -2.14. The van der Waals surface area contributed by atoms with E-state index in [9.17, 15) is 0 Å². The third-order valence-electron chi connectivity index (χ3n) is 3.41. The van der Waals surface area contributed by atoms with Crippen LogP contribution in [-0.4, -0.2) is 36.8 Å². The Morgan fingerprint density at radius 1 is 1.29 bits per heavy atom. The van der Waals surface area contributed by atoms with Crippen LogP contribution in [0.5, 0.6) is 5.88 Å². The molecule has 6 nitrogen and oxygen atoms in total. The number of hydrogen-bond donors (Lipinski definition) is 2. The summed E-state index contributed by atoms with van der Waals surface area (Å²) in [6.07, 6.45) is 3.36. The molecule has 21 heavy (non-hydrogen) atoms. The van der Waals surface area contributed by atoms with Crippen molar-refractivity contribution < 1.29 is 9.47 Å². The maximum Gasteiger partial charge on any atom is 0.242 e. The van der Waals surface area contributed by atoms with Crippen molar-refractivity contribution in [1.29, 1.82) is 0 Å². The molecule has 1 aliphatic carbocycles. The van der Waals surface area contributed by atoms with Crippen LogP contribution in [0.4, 0.5) is 11.5 Å². The summed E-state index contributed by atoms with van der Waals surface area (Å²) >= 11 is 0. The quantitative estimate of drug-likeness (QED) is 0.681. The van der Waals surface area contributed by atoms with Gasteiger partial charge in [-0.15, -0.1) is 0 Å². The van der Waals surface area contributed by atoms with Crippen LogP contribution in [0.25, 0.3) is 0 Å². The van der Waals surface area contributed by atoms with Crippen molar-refractivity contribution in [3.05, 3.63) is 5.82 Å². The van der Waals surface area contributed by atoms with Crippen LogP contribution in [0.3, 0.4) is 0 Å². The van der Waals surface area contributed by atoms with Gasteiger partial charge < -0.3 is 20.5 Å². The molecule has 0 amide bonds. The lowest BCUT2D eigenvalue weighted by Crippen LogP contribution is -2.14. The van der Waals surface area contributed by atoms with Crippen LogP contribution in [0.15, 0.2) is 0 Å². The van der Waals surface area contributed by atoms with Crippen molar-refractivity contribution in [1.82, 2.24) is 9.97 Å². The Kier molecular flexibility index (Phi) is 5.61. The van der Waals surface area contributed by atoms with Gasteiger partial charge >= 0.3 is 0 Å². The topological polar surface area (TPSA) is 82.3 Å². The predicted octanol–water partition coefficient (Wildman–Crippen LogP) is 2.42. The first kappa shape index (κ1) is 15.8. The highest BCUT2D eigenvalue weighted by Gasteiger charge is 2.28. The monoisotopic (exact) mass is 294 g/mol. The van der Waals surface area contributed by atoms with Gasteiger partial charge in [0.15, 0.2) is 5.82 Å². The molecule has 1 aromatic heterocycles. The normalized spacial score (nSPS) is 14.5. The molecule has 1 saturated carbocycles. The van der Waals surface area contributed by atoms with E-state index in [1.165, 1.54) is 0 Å². The molecule has 6 heteroatoms. The van der Waals surface area contributed by atoms with E-state index in [0.717, 1.165) is 31.6 Å². The number of aromatic nitrogens is 2. The molecule has 0 unspecified atom stereocenters. The minimum absolute atomic E-state index is 0.438. The third kappa shape index (κ3) is 4.74. The van der Waals surface area contributed by atoms with Gasteiger partial charge in [0, 0.05) is 19.6 Å². The fraction of sp³-hybridized carbons (Fsp3) is 0.733. The molecule has 0 saturated heterocycles. The highest BCUT2D eigenvalue weighted by atomic mass is 16.5. The molecule has 0 radical (unpaired) electrons. The number of methoxy groups -OCH3 is 1. The summed E-state index contributed by atoms with van der Waals surface area (Å²) < 4.78 is 10.6. The zero-order valence-electron chi connectivity index (χ0n) is 13.2. The molecule has 0 atom stereocenters. The number of nitrogens with two attached hydrogens (primary N) is 1. The number of anilines is 2. The number of nitrogens with zero attached hydrogens (tertiary/aromatic N) is 2. The van der Waals surface area contributed by atoms with Gasteiger partial charge in [0.1, 0.15) is 18.1 Å². The van der Waals surface area contributed by atoms with Crippen LogP contribution in [-0.2, 0) is 4.74 Å². The molecule has 0 bridgehead atoms. The molecule has 1 heterocycles. The molecular weight excluding hydrogens is 268 g/mol. The Morgan fingerprint density at radius 3 is 2.67 bits per heavy atom. The number of rotatable bonds is 9. The first-order valence-electron chi connectivity index (χ1n) is 7.64. The minimum atomic E-state index is 0.438. The van der Waals surface area contributed by atoms with Gasteiger partial charge in [-0.2, -0.15) is 4.98 Å². The first-order chi connectivity index (χ1) is 10.1. The Labute approximate surface area is 126 Å². The van der Waals surface area contributed by atoms with Crippen LogP contribution in [0.1, 0.15) is 44.9 Å². The highest BCUT2D eigenvalue weighted by Crippen LogP contribution is 2.40. The van der Waals surface area contributed by atoms with E-state index in [-0.39, 0.29) is 0 Å². The van der Waals surface area contributed by atoms with Gasteiger partial charge in [-0.1, -0.05) is 13.8 Å². The van der Waals surface area contributed by atoms with Crippen molar-refractivity contribution in [3.8, 4) is 5.88 Å². The van der Waals surface area contributed by atoms with Crippen LogP contribution >= 0.6 is 0 Å². The Balaban J connectivity index is 2.09. The molecule has 3 N–H and O–H groups in total. The number of ether oxygens (including phenoxy) is 2. The second-order valence-corrected chi connectivity index (χ2v) is 5.87. The zero-order chi connectivity index (χ0) is 15.2. The van der Waals surface area contributed by atoms with Gasteiger partial charge in [-0.3, -0.25) is 0 Å². The summed E-state index contributed by atoms with van der Waals surface area (Å²) in [5.74, 6) is 3.10. The van der Waals surface area contributed by atoms with Gasteiger partial charge in [0.2, 0.25) is 5.88 Å². The summed E-state index contributed by atoms with van der Waals surface area (Å²) in [4.78, 5) is 9.02. The van der Waals surface area contributed by atoms with E-state index >= 15 is 0 Å². The lowest BCUT2D eigenvalue weighted by molar-refractivity contribution is 0.144. The minimum Gasteiger partial charge on any atom is -0.474 e. The second kappa shape index (κ2) is 7.45. The van der Waals surface area contributed by atoms with Gasteiger partial charge in [0.25, 0.3) is 0 Å². The molecule has 1 aromatic rings. The number of hydrogen-bond acceptors (Lipinski definition) is 6. The lowest BCUT2D eigenvalue weighted by atomic mass is 10.1. The highest BCUT2D eigenvalue weighted by molar-refractivity contribution is 5.67. The van der Waals surface area contributed by atoms with Crippen molar-refractivity contribution in [3.63, 3.8) is 0 Å². The third-order valence-corrected chi connectivity index (χ3v) is 3.41. The molecule has 0 aliphatic heterocycles. The van der Waals surface area contributed by atoms with Gasteiger partial charge in [-0.05, 0) is 25.2 Å². The fourth-order valence-electron chi connectivity index (χ4n) is 1.94. The summed E-state index contributed by atoms with van der Waals surface area (Å²) in [6, 6.07) is 0. The number of nitrogens with one attached hydrogen (secondary N) is 1. The SMILES string of the molecule is COCCOc1nc(C2CC2)nc(NCCC(C)C)c1N. The summed E-state index contributed by atoms with van der Waals surface area (Å²) in [6.45, 7) is 6.19. The molecule has 1 aliphatic rings. The Morgan fingerprint density at radius 2 is 2.05 bits per heavy atom.